The fourth-order valence-electron chi connectivity index (χ4n) is 1.42. The van der Waals surface area contributed by atoms with E-state index in [1.807, 2.05) is 0 Å². The Morgan fingerprint density at radius 1 is 1.35 bits per heavy atom. The molecule has 20 heavy (non-hydrogen) atoms. The lowest BCUT2D eigenvalue weighted by Crippen LogP contribution is -2.40. The molecule has 0 saturated carbocycles. The molecule has 5 nitrogen and oxygen atoms in total. The van der Waals surface area contributed by atoms with E-state index < -0.39 is 13.2 Å². The predicted molar refractivity (Wildman–Crippen MR) is 80.5 cm³/mol. The molecule has 0 aromatic heterocycles. The normalized spacial score (nSPS) is 12.2. The summed E-state index contributed by atoms with van der Waals surface area (Å²) in [7, 11) is -1.96. The fourth-order valence-corrected chi connectivity index (χ4v) is 2.37. The van der Waals surface area contributed by atoms with Crippen LogP contribution < -0.4 is 0 Å². The van der Waals surface area contributed by atoms with Crippen molar-refractivity contribution in [3.8, 4) is 0 Å². The first kappa shape index (κ1) is 16.5. The molecule has 0 radical (unpaired) electrons. The smallest absolute Gasteiger partial charge is 0.275 e. The van der Waals surface area contributed by atoms with E-state index in [-0.39, 0.29) is 17.3 Å². The summed E-state index contributed by atoms with van der Waals surface area (Å²) in [6.45, 7) is 10.7. The summed E-state index contributed by atoms with van der Waals surface area (Å²) in [6, 6.07) is 4.46. The second kappa shape index (κ2) is 5.84. The van der Waals surface area contributed by atoms with Gasteiger partial charge in [-0.1, -0.05) is 26.8 Å². The Morgan fingerprint density at radius 3 is 2.40 bits per heavy atom. The molecule has 0 spiro atoms. The van der Waals surface area contributed by atoms with E-state index in [4.69, 9.17) is 4.43 Å². The van der Waals surface area contributed by atoms with Gasteiger partial charge in [-0.3, -0.25) is 14.9 Å². The summed E-state index contributed by atoms with van der Waals surface area (Å²) in [5.41, 5.74) is 0.742. The van der Waals surface area contributed by atoms with Crippen molar-refractivity contribution in [2.75, 3.05) is 0 Å². The molecule has 0 aliphatic rings. The van der Waals surface area contributed by atoms with Crippen LogP contribution in [0, 0.1) is 10.1 Å². The number of aldehydes is 1. The number of carbonyl (C=O) groups excluding carboxylic acids is 1. The molecule has 0 aliphatic heterocycles. The van der Waals surface area contributed by atoms with E-state index in [1.54, 1.807) is 12.1 Å². The summed E-state index contributed by atoms with van der Waals surface area (Å²) in [5.74, 6) is 0. The molecule has 0 bridgehead atoms. The number of nitro groups is 1. The molecule has 110 valence electrons. The van der Waals surface area contributed by atoms with Crippen molar-refractivity contribution in [1.82, 2.24) is 0 Å². The maximum atomic E-state index is 11.1. The van der Waals surface area contributed by atoms with Crippen LogP contribution in [0.15, 0.2) is 18.2 Å². The summed E-state index contributed by atoms with van der Waals surface area (Å²) in [5, 5.41) is 11.1. The highest BCUT2D eigenvalue weighted by molar-refractivity contribution is 6.74. The van der Waals surface area contributed by atoms with Gasteiger partial charge in [0.1, 0.15) is 6.29 Å². The number of benzene rings is 1. The second-order valence-corrected chi connectivity index (χ2v) is 11.1. The van der Waals surface area contributed by atoms with Gasteiger partial charge in [-0.15, -0.1) is 0 Å². The molecule has 1 rings (SSSR count). The molecule has 0 N–H and O–H groups in total. The van der Waals surface area contributed by atoms with E-state index in [1.165, 1.54) is 6.07 Å². The first-order valence-corrected chi connectivity index (χ1v) is 9.36. The zero-order valence-electron chi connectivity index (χ0n) is 12.6. The SMILES string of the molecule is CC(C)(C)[Si](C)(C)OCc1ccc(C=O)cc1[N+](=O)[O-]. The third kappa shape index (κ3) is 3.74. The maximum absolute atomic E-state index is 11.1. The maximum Gasteiger partial charge on any atom is 0.275 e. The Bertz CT molecular complexity index is 520. The van der Waals surface area contributed by atoms with Crippen LogP contribution in [0.2, 0.25) is 18.1 Å². The van der Waals surface area contributed by atoms with Gasteiger partial charge in [-0.2, -0.15) is 0 Å². The molecule has 1 aromatic rings. The zero-order valence-corrected chi connectivity index (χ0v) is 13.6. The van der Waals surface area contributed by atoms with Gasteiger partial charge < -0.3 is 4.43 Å². The zero-order chi connectivity index (χ0) is 15.6. The average molecular weight is 295 g/mol. The quantitative estimate of drug-likeness (QED) is 0.357. The van der Waals surface area contributed by atoms with Crippen LogP contribution in [-0.2, 0) is 11.0 Å². The van der Waals surface area contributed by atoms with Gasteiger partial charge in [-0.05, 0) is 24.2 Å². The topological polar surface area (TPSA) is 69.4 Å². The summed E-state index contributed by atoms with van der Waals surface area (Å²) >= 11 is 0. The van der Waals surface area contributed by atoms with Gasteiger partial charge in [0.2, 0.25) is 0 Å². The molecule has 0 heterocycles. The Balaban J connectivity index is 2.99. The third-order valence-corrected chi connectivity index (χ3v) is 8.32. The average Bonchev–Trinajstić information content (AvgIpc) is 2.34. The van der Waals surface area contributed by atoms with E-state index in [9.17, 15) is 14.9 Å². The highest BCUT2D eigenvalue weighted by Crippen LogP contribution is 2.37. The first-order valence-electron chi connectivity index (χ1n) is 6.45. The molecule has 0 atom stereocenters. The molecule has 6 heteroatoms. The Kier molecular flexibility index (Phi) is 4.83. The lowest BCUT2D eigenvalue weighted by Gasteiger charge is -2.36. The number of nitrogens with zero attached hydrogens (tertiary/aromatic N) is 1. The molecular weight excluding hydrogens is 274 g/mol. The van der Waals surface area contributed by atoms with Crippen molar-refractivity contribution in [1.29, 1.82) is 0 Å². The number of rotatable bonds is 5. The van der Waals surface area contributed by atoms with Crippen molar-refractivity contribution >= 4 is 20.3 Å². The van der Waals surface area contributed by atoms with E-state index in [0.29, 0.717) is 17.4 Å². The van der Waals surface area contributed by atoms with Crippen molar-refractivity contribution < 1.29 is 14.1 Å². The molecule has 0 unspecified atom stereocenters. The van der Waals surface area contributed by atoms with Crippen molar-refractivity contribution in [3.63, 3.8) is 0 Å². The largest absolute Gasteiger partial charge is 0.412 e. The van der Waals surface area contributed by atoms with Crippen molar-refractivity contribution in [3.05, 3.63) is 39.4 Å². The summed E-state index contributed by atoms with van der Waals surface area (Å²) < 4.78 is 5.99. The Labute approximate surface area is 120 Å². The minimum Gasteiger partial charge on any atom is -0.412 e. The van der Waals surface area contributed by atoms with Crippen LogP contribution in [0.4, 0.5) is 5.69 Å². The van der Waals surface area contributed by atoms with Gasteiger partial charge >= 0.3 is 0 Å². The minimum atomic E-state index is -1.96. The van der Waals surface area contributed by atoms with Gasteiger partial charge in [-0.25, -0.2) is 0 Å². The molecule has 0 fully saturated rings. The highest BCUT2D eigenvalue weighted by atomic mass is 28.4. The van der Waals surface area contributed by atoms with Gasteiger partial charge in [0, 0.05) is 11.6 Å². The van der Waals surface area contributed by atoms with E-state index >= 15 is 0 Å². The van der Waals surface area contributed by atoms with Crippen LogP contribution in [0.3, 0.4) is 0 Å². The molecule has 0 aliphatic carbocycles. The standard InChI is InChI=1S/C14H21NO4Si/c1-14(2,3)20(4,5)19-10-12-7-6-11(9-16)8-13(12)15(17)18/h6-9H,10H2,1-5H3. The van der Waals surface area contributed by atoms with Crippen LogP contribution in [0.25, 0.3) is 0 Å². The van der Waals surface area contributed by atoms with Crippen molar-refractivity contribution in [2.24, 2.45) is 0 Å². The van der Waals surface area contributed by atoms with Gasteiger partial charge in [0.05, 0.1) is 17.1 Å². The van der Waals surface area contributed by atoms with Crippen LogP contribution in [-0.4, -0.2) is 19.5 Å². The molecule has 1 aromatic carbocycles. The Hall–Kier alpha value is -1.53. The van der Waals surface area contributed by atoms with Crippen LogP contribution in [0.1, 0.15) is 36.7 Å². The number of carbonyl (C=O) groups is 1. The van der Waals surface area contributed by atoms with Crippen LogP contribution >= 0.6 is 0 Å². The minimum absolute atomic E-state index is 0.0461. The number of hydrogen-bond acceptors (Lipinski definition) is 4. The van der Waals surface area contributed by atoms with Gasteiger partial charge in [0.15, 0.2) is 8.32 Å². The summed E-state index contributed by atoms with van der Waals surface area (Å²) in [4.78, 5) is 21.3. The second-order valence-electron chi connectivity index (χ2n) is 6.31. The number of hydrogen-bond donors (Lipinski definition) is 0. The predicted octanol–water partition coefficient (Wildman–Crippen LogP) is 3.93. The van der Waals surface area contributed by atoms with Gasteiger partial charge in [0.25, 0.3) is 5.69 Å². The van der Waals surface area contributed by atoms with E-state index in [0.717, 1.165) is 0 Å². The van der Waals surface area contributed by atoms with E-state index in [2.05, 4.69) is 33.9 Å². The monoisotopic (exact) mass is 295 g/mol. The lowest BCUT2D eigenvalue weighted by molar-refractivity contribution is -0.385. The first-order chi connectivity index (χ1) is 9.08. The lowest BCUT2D eigenvalue weighted by atomic mass is 10.1. The van der Waals surface area contributed by atoms with Crippen molar-refractivity contribution in [2.45, 2.75) is 45.5 Å². The van der Waals surface area contributed by atoms with Crippen LogP contribution in [0.5, 0.6) is 0 Å². The molecule has 0 saturated heterocycles. The Morgan fingerprint density at radius 2 is 1.95 bits per heavy atom. The molecule has 0 amide bonds. The third-order valence-electron chi connectivity index (χ3n) is 3.84. The summed E-state index contributed by atoms with van der Waals surface area (Å²) in [6.07, 6.45) is 0.603. The fraction of sp³-hybridized carbons (Fsp3) is 0.500. The molecular formula is C14H21NO4Si. The highest BCUT2D eigenvalue weighted by Gasteiger charge is 2.37. The number of nitro benzene ring substituents is 1.